The van der Waals surface area contributed by atoms with Crippen LogP contribution in [0.3, 0.4) is 0 Å². The minimum Gasteiger partial charge on any atom is -0.350 e. The predicted octanol–water partition coefficient (Wildman–Crippen LogP) is 4.08. The van der Waals surface area contributed by atoms with E-state index in [2.05, 4.69) is 59.1 Å². The number of aromatic nitrogens is 1. The van der Waals surface area contributed by atoms with Crippen molar-refractivity contribution in [2.45, 2.75) is 31.7 Å². The van der Waals surface area contributed by atoms with E-state index in [9.17, 15) is 4.79 Å². The van der Waals surface area contributed by atoms with Gasteiger partial charge in [0, 0.05) is 48.8 Å². The maximum absolute atomic E-state index is 13.0. The highest BCUT2D eigenvalue weighted by molar-refractivity contribution is 5.94. The molecule has 1 amide bonds. The van der Waals surface area contributed by atoms with E-state index in [1.165, 1.54) is 48.0 Å². The number of para-hydroxylation sites is 1. The number of amides is 1. The van der Waals surface area contributed by atoms with Gasteiger partial charge in [0.25, 0.3) is 5.91 Å². The normalized spacial score (nSPS) is 20.0. The minimum absolute atomic E-state index is 0.184. The van der Waals surface area contributed by atoms with Crippen LogP contribution in [-0.4, -0.2) is 52.5 Å². The summed E-state index contributed by atoms with van der Waals surface area (Å²) in [6, 6.07) is 17.3. The molecule has 150 valence electrons. The molecule has 0 bridgehead atoms. The second-order valence-electron chi connectivity index (χ2n) is 8.59. The van der Waals surface area contributed by atoms with E-state index >= 15 is 0 Å². The van der Waals surface area contributed by atoms with Crippen molar-refractivity contribution in [3.05, 3.63) is 71.4 Å². The molecule has 3 heterocycles. The summed E-state index contributed by atoms with van der Waals surface area (Å²) in [6.07, 6.45) is 6.83. The lowest BCUT2D eigenvalue weighted by Gasteiger charge is -2.23. The number of aryl methyl sites for hydroxylation is 1. The van der Waals surface area contributed by atoms with Gasteiger partial charge >= 0.3 is 0 Å². The van der Waals surface area contributed by atoms with Crippen LogP contribution in [0.5, 0.6) is 0 Å². The van der Waals surface area contributed by atoms with Gasteiger partial charge in [-0.25, -0.2) is 0 Å². The molecule has 0 unspecified atom stereocenters. The van der Waals surface area contributed by atoms with Gasteiger partial charge in [-0.3, -0.25) is 9.69 Å². The third kappa shape index (κ3) is 3.58. The molecule has 2 fully saturated rings. The maximum Gasteiger partial charge on any atom is 0.253 e. The minimum atomic E-state index is 0.184. The van der Waals surface area contributed by atoms with Gasteiger partial charge in [-0.15, -0.1) is 0 Å². The van der Waals surface area contributed by atoms with Crippen LogP contribution in [0.15, 0.2) is 54.7 Å². The van der Waals surface area contributed by atoms with E-state index in [4.69, 9.17) is 0 Å². The highest BCUT2D eigenvalue weighted by Crippen LogP contribution is 2.24. The van der Waals surface area contributed by atoms with Gasteiger partial charge in [0.2, 0.25) is 0 Å². The number of nitrogens with zero attached hydrogens (tertiary/aromatic N) is 3. The standard InChI is InChI=1S/C25H29N3O/c1-26-17-21(23-6-2-3-7-24(23)26)16-19-8-10-20(11-9-19)25(29)28-15-12-22(18-28)27-13-4-5-14-27/h2-3,6-11,17,22H,4-5,12-16,18H2,1H3/t22-/m0/s1. The quantitative estimate of drug-likeness (QED) is 0.675. The van der Waals surface area contributed by atoms with Crippen molar-refractivity contribution in [2.24, 2.45) is 7.05 Å². The van der Waals surface area contributed by atoms with E-state index in [1.807, 2.05) is 17.0 Å². The Kier molecular flexibility index (Phi) is 4.88. The summed E-state index contributed by atoms with van der Waals surface area (Å²) >= 11 is 0. The number of carbonyl (C=O) groups excluding carboxylic acids is 1. The Hall–Kier alpha value is -2.59. The second-order valence-corrected chi connectivity index (χ2v) is 8.59. The molecule has 1 aromatic heterocycles. The number of hydrogen-bond donors (Lipinski definition) is 0. The van der Waals surface area contributed by atoms with Crippen LogP contribution >= 0.6 is 0 Å². The first-order chi connectivity index (χ1) is 14.2. The monoisotopic (exact) mass is 387 g/mol. The fraction of sp³-hybridized carbons (Fsp3) is 0.400. The number of benzene rings is 2. The molecule has 0 aliphatic carbocycles. The SMILES string of the molecule is Cn1cc(Cc2ccc(C(=O)N3CC[C@H](N4CCCC4)C3)cc2)c2ccccc21. The molecule has 2 saturated heterocycles. The van der Waals surface area contributed by atoms with E-state index in [1.54, 1.807) is 0 Å². The number of likely N-dealkylation sites (tertiary alicyclic amines) is 2. The number of rotatable bonds is 4. The van der Waals surface area contributed by atoms with Crippen molar-refractivity contribution in [3.63, 3.8) is 0 Å². The van der Waals surface area contributed by atoms with Crippen LogP contribution in [0.1, 0.15) is 40.7 Å². The number of hydrogen-bond acceptors (Lipinski definition) is 2. The summed E-state index contributed by atoms with van der Waals surface area (Å²) in [5.74, 6) is 0.184. The van der Waals surface area contributed by atoms with Gasteiger partial charge in [-0.2, -0.15) is 0 Å². The Morgan fingerprint density at radius 1 is 1.00 bits per heavy atom. The summed E-state index contributed by atoms with van der Waals surface area (Å²) in [4.78, 5) is 17.6. The Balaban J connectivity index is 1.27. The van der Waals surface area contributed by atoms with Gasteiger partial charge in [-0.05, 0) is 68.1 Å². The zero-order valence-electron chi connectivity index (χ0n) is 17.2. The van der Waals surface area contributed by atoms with Crippen LogP contribution < -0.4 is 0 Å². The molecule has 29 heavy (non-hydrogen) atoms. The molecule has 0 saturated carbocycles. The lowest BCUT2D eigenvalue weighted by Crippen LogP contribution is -2.37. The molecule has 2 aromatic carbocycles. The maximum atomic E-state index is 13.0. The Morgan fingerprint density at radius 2 is 1.76 bits per heavy atom. The molecule has 2 aliphatic rings. The van der Waals surface area contributed by atoms with E-state index in [0.717, 1.165) is 31.5 Å². The molecule has 0 spiro atoms. The summed E-state index contributed by atoms with van der Waals surface area (Å²) in [5, 5.41) is 1.31. The predicted molar refractivity (Wildman–Crippen MR) is 117 cm³/mol. The summed E-state index contributed by atoms with van der Waals surface area (Å²) < 4.78 is 2.19. The molecule has 0 N–H and O–H groups in total. The molecular formula is C25H29N3O. The Labute approximate surface area is 172 Å². The second kappa shape index (κ2) is 7.68. The van der Waals surface area contributed by atoms with Gasteiger partial charge in [0.05, 0.1) is 0 Å². The van der Waals surface area contributed by atoms with E-state index in [-0.39, 0.29) is 5.91 Å². The highest BCUT2D eigenvalue weighted by Gasteiger charge is 2.31. The van der Waals surface area contributed by atoms with E-state index < -0.39 is 0 Å². The highest BCUT2D eigenvalue weighted by atomic mass is 16.2. The van der Waals surface area contributed by atoms with Crippen LogP contribution in [0.2, 0.25) is 0 Å². The van der Waals surface area contributed by atoms with Crippen LogP contribution in [0.4, 0.5) is 0 Å². The van der Waals surface area contributed by atoms with Crippen LogP contribution in [0, 0.1) is 0 Å². The van der Waals surface area contributed by atoms with Crippen LogP contribution in [-0.2, 0) is 13.5 Å². The molecule has 4 nitrogen and oxygen atoms in total. The molecule has 0 radical (unpaired) electrons. The topological polar surface area (TPSA) is 28.5 Å². The largest absolute Gasteiger partial charge is 0.350 e. The fourth-order valence-corrected chi connectivity index (χ4v) is 5.07. The lowest BCUT2D eigenvalue weighted by molar-refractivity contribution is 0.0780. The van der Waals surface area contributed by atoms with Gasteiger partial charge < -0.3 is 9.47 Å². The van der Waals surface area contributed by atoms with Crippen molar-refractivity contribution in [3.8, 4) is 0 Å². The molecule has 4 heteroatoms. The summed E-state index contributed by atoms with van der Waals surface area (Å²) in [5.41, 5.74) is 4.65. The third-order valence-electron chi connectivity index (χ3n) is 6.68. The molecule has 5 rings (SSSR count). The third-order valence-corrected chi connectivity index (χ3v) is 6.68. The van der Waals surface area contributed by atoms with Crippen LogP contribution in [0.25, 0.3) is 10.9 Å². The molecule has 2 aliphatic heterocycles. The van der Waals surface area contributed by atoms with Gasteiger partial charge in [0.15, 0.2) is 0 Å². The average molecular weight is 388 g/mol. The van der Waals surface area contributed by atoms with Crippen molar-refractivity contribution in [2.75, 3.05) is 26.2 Å². The average Bonchev–Trinajstić information content (AvgIpc) is 3.49. The van der Waals surface area contributed by atoms with Crippen molar-refractivity contribution < 1.29 is 4.79 Å². The Bertz CT molecular complexity index is 1010. The van der Waals surface area contributed by atoms with Gasteiger partial charge in [-0.1, -0.05) is 30.3 Å². The zero-order chi connectivity index (χ0) is 19.8. The van der Waals surface area contributed by atoms with Gasteiger partial charge in [0.1, 0.15) is 0 Å². The zero-order valence-corrected chi connectivity index (χ0v) is 17.2. The number of carbonyl (C=O) groups is 1. The van der Waals surface area contributed by atoms with Crippen molar-refractivity contribution >= 4 is 16.8 Å². The van der Waals surface area contributed by atoms with E-state index in [0.29, 0.717) is 6.04 Å². The fourth-order valence-electron chi connectivity index (χ4n) is 5.07. The Morgan fingerprint density at radius 3 is 2.55 bits per heavy atom. The molecule has 3 aromatic rings. The number of fused-ring (bicyclic) bond motifs is 1. The van der Waals surface area contributed by atoms with Crippen molar-refractivity contribution in [1.82, 2.24) is 14.4 Å². The summed E-state index contributed by atoms with van der Waals surface area (Å²) in [7, 11) is 2.10. The summed E-state index contributed by atoms with van der Waals surface area (Å²) in [6.45, 7) is 4.18. The van der Waals surface area contributed by atoms with Crippen molar-refractivity contribution in [1.29, 1.82) is 0 Å². The smallest absolute Gasteiger partial charge is 0.253 e. The molecule has 1 atom stereocenters. The first-order valence-electron chi connectivity index (χ1n) is 10.8. The lowest BCUT2D eigenvalue weighted by atomic mass is 10.0. The molecular weight excluding hydrogens is 358 g/mol. The first kappa shape index (κ1) is 18.4. The first-order valence-corrected chi connectivity index (χ1v) is 10.8.